The molecule has 0 radical (unpaired) electrons. The molecule has 0 unspecified atom stereocenters. The van der Waals surface area contributed by atoms with Gasteiger partial charge in [-0.25, -0.2) is 4.79 Å². The largest absolute Gasteiger partial charge is 0.334 e. The van der Waals surface area contributed by atoms with Crippen molar-refractivity contribution in [3.05, 3.63) is 58.9 Å². The molecular weight excluding hydrogens is 428 g/mol. The van der Waals surface area contributed by atoms with E-state index in [2.05, 4.69) is 38.7 Å². The second kappa shape index (κ2) is 10.4. The first-order valence-electron chi connectivity index (χ1n) is 10.6. The van der Waals surface area contributed by atoms with Gasteiger partial charge in [-0.3, -0.25) is 9.88 Å². The number of hydrogen-bond acceptors (Lipinski definition) is 5. The molecule has 10 heteroatoms. The summed E-state index contributed by atoms with van der Waals surface area (Å²) in [5.41, 5.74) is 4.83. The fraction of sp³-hybridized carbons (Fsp3) is 0.455. The van der Waals surface area contributed by atoms with Crippen molar-refractivity contribution < 1.29 is 13.2 Å². The number of carbonyl (C=O) groups is 1. The first-order valence-corrected chi connectivity index (χ1v) is 12.0. The first-order chi connectivity index (χ1) is 15.1. The van der Waals surface area contributed by atoms with Crippen molar-refractivity contribution in [2.45, 2.75) is 26.9 Å². The lowest BCUT2D eigenvalue weighted by atomic mass is 10.1. The highest BCUT2D eigenvalue weighted by molar-refractivity contribution is 7.86. The van der Waals surface area contributed by atoms with Gasteiger partial charge in [-0.05, 0) is 37.1 Å². The number of hydrogen-bond donors (Lipinski definition) is 2. The monoisotopic (exact) mass is 460 g/mol. The van der Waals surface area contributed by atoms with Crippen LogP contribution in [-0.4, -0.2) is 73.2 Å². The Bertz CT molecular complexity index is 1030. The van der Waals surface area contributed by atoms with Gasteiger partial charge in [0.25, 0.3) is 10.2 Å². The second-order valence-corrected chi connectivity index (χ2v) is 10.4. The third-order valence-electron chi connectivity index (χ3n) is 5.34. The van der Waals surface area contributed by atoms with Gasteiger partial charge >= 0.3 is 6.03 Å². The van der Waals surface area contributed by atoms with Crippen molar-refractivity contribution in [1.29, 1.82) is 0 Å². The quantitative estimate of drug-likeness (QED) is 0.658. The average Bonchev–Trinajstić information content (AvgIpc) is 2.74. The predicted molar refractivity (Wildman–Crippen MR) is 125 cm³/mol. The summed E-state index contributed by atoms with van der Waals surface area (Å²) in [7, 11) is -0.245. The van der Waals surface area contributed by atoms with Gasteiger partial charge in [0.15, 0.2) is 0 Å². The van der Waals surface area contributed by atoms with Gasteiger partial charge in [0.1, 0.15) is 0 Å². The number of benzene rings is 1. The number of aryl methyl sites for hydroxylation is 2. The molecule has 0 atom stereocenters. The van der Waals surface area contributed by atoms with Crippen LogP contribution in [0.1, 0.15) is 22.4 Å². The van der Waals surface area contributed by atoms with E-state index in [1.54, 1.807) is 20.3 Å². The number of aromatic nitrogens is 1. The highest BCUT2D eigenvalue weighted by atomic mass is 32.2. The molecule has 0 spiro atoms. The summed E-state index contributed by atoms with van der Waals surface area (Å²) in [5, 5.41) is 5.66. The van der Waals surface area contributed by atoms with Crippen LogP contribution >= 0.6 is 0 Å². The van der Waals surface area contributed by atoms with Crippen molar-refractivity contribution in [3.8, 4) is 0 Å². The summed E-state index contributed by atoms with van der Waals surface area (Å²) in [4.78, 5) is 18.6. The van der Waals surface area contributed by atoms with Crippen LogP contribution in [0.4, 0.5) is 10.5 Å². The Morgan fingerprint density at radius 1 is 1.06 bits per heavy atom. The van der Waals surface area contributed by atoms with Crippen LogP contribution < -0.4 is 10.6 Å². The maximum Gasteiger partial charge on any atom is 0.319 e. The van der Waals surface area contributed by atoms with E-state index in [1.807, 2.05) is 26.0 Å². The SMILES string of the molecule is Cc1cc(CNC(=O)Nc2ccc(C)nc2)cc(CN2CCN(S(=O)(=O)N(C)C)CC2)c1. The zero-order valence-electron chi connectivity index (χ0n) is 19.1. The molecule has 1 aromatic carbocycles. The van der Waals surface area contributed by atoms with Gasteiger partial charge in [0.2, 0.25) is 0 Å². The van der Waals surface area contributed by atoms with E-state index < -0.39 is 10.2 Å². The van der Waals surface area contributed by atoms with Gasteiger partial charge in [-0.2, -0.15) is 17.0 Å². The maximum absolute atomic E-state index is 12.3. The van der Waals surface area contributed by atoms with E-state index in [4.69, 9.17) is 0 Å². The molecule has 1 aliphatic rings. The Morgan fingerprint density at radius 3 is 2.38 bits per heavy atom. The topological polar surface area (TPSA) is 97.9 Å². The van der Waals surface area contributed by atoms with Gasteiger partial charge in [-0.15, -0.1) is 0 Å². The van der Waals surface area contributed by atoms with Crippen LogP contribution in [0, 0.1) is 13.8 Å². The Hall–Kier alpha value is -2.53. The lowest BCUT2D eigenvalue weighted by Crippen LogP contribution is -2.51. The number of amides is 2. The Balaban J connectivity index is 1.53. The van der Waals surface area contributed by atoms with Crippen LogP contribution in [0.5, 0.6) is 0 Å². The number of nitrogens with one attached hydrogen (secondary N) is 2. The van der Waals surface area contributed by atoms with Crippen molar-refractivity contribution in [1.82, 2.24) is 23.8 Å². The summed E-state index contributed by atoms with van der Waals surface area (Å²) in [6.45, 7) is 7.41. The summed E-state index contributed by atoms with van der Waals surface area (Å²) in [5.74, 6) is 0. The Morgan fingerprint density at radius 2 is 1.75 bits per heavy atom. The molecule has 0 aliphatic carbocycles. The predicted octanol–water partition coefficient (Wildman–Crippen LogP) is 1.94. The molecule has 1 aromatic heterocycles. The summed E-state index contributed by atoms with van der Waals surface area (Å²) in [6.07, 6.45) is 1.63. The molecule has 1 aliphatic heterocycles. The van der Waals surface area contributed by atoms with Crippen molar-refractivity contribution in [2.24, 2.45) is 0 Å². The fourth-order valence-electron chi connectivity index (χ4n) is 3.65. The van der Waals surface area contributed by atoms with Gasteiger partial charge in [0, 0.05) is 59.1 Å². The number of anilines is 1. The van der Waals surface area contributed by atoms with Crippen molar-refractivity contribution >= 4 is 21.9 Å². The van der Waals surface area contributed by atoms with E-state index in [1.165, 1.54) is 8.61 Å². The number of piperazine rings is 1. The Kier molecular flexibility index (Phi) is 7.83. The normalized spacial score (nSPS) is 15.7. The van der Waals surface area contributed by atoms with E-state index in [-0.39, 0.29) is 6.03 Å². The molecule has 0 bridgehead atoms. The smallest absolute Gasteiger partial charge is 0.319 e. The van der Waals surface area contributed by atoms with Gasteiger partial charge < -0.3 is 10.6 Å². The number of carbonyl (C=O) groups excluding carboxylic acids is 1. The summed E-state index contributed by atoms with van der Waals surface area (Å²) in [6, 6.07) is 9.65. The molecule has 2 heterocycles. The fourth-order valence-corrected chi connectivity index (χ4v) is 4.73. The van der Waals surface area contributed by atoms with Crippen molar-refractivity contribution in [2.75, 3.05) is 45.6 Å². The standard InChI is InChI=1S/C22H32N6O3S/c1-17-11-19(14-24-22(29)25-21-6-5-18(2)23-15-21)13-20(12-17)16-27-7-9-28(10-8-27)32(30,31)26(3)4/h5-6,11-13,15H,7-10,14,16H2,1-4H3,(H2,24,25,29). The number of rotatable bonds is 7. The molecule has 2 aromatic rings. The van der Waals surface area contributed by atoms with Gasteiger partial charge in [0.05, 0.1) is 11.9 Å². The van der Waals surface area contributed by atoms with Crippen LogP contribution in [0.25, 0.3) is 0 Å². The van der Waals surface area contributed by atoms with Gasteiger partial charge in [-0.1, -0.05) is 23.8 Å². The molecule has 0 saturated carbocycles. The van der Waals surface area contributed by atoms with Crippen LogP contribution in [-0.2, 0) is 23.3 Å². The molecular formula is C22H32N6O3S. The van der Waals surface area contributed by atoms with Crippen LogP contribution in [0.2, 0.25) is 0 Å². The molecule has 2 N–H and O–H groups in total. The highest BCUT2D eigenvalue weighted by Gasteiger charge is 2.28. The molecule has 3 rings (SSSR count). The zero-order valence-corrected chi connectivity index (χ0v) is 19.9. The lowest BCUT2D eigenvalue weighted by molar-refractivity contribution is 0.177. The van der Waals surface area contributed by atoms with E-state index in [9.17, 15) is 13.2 Å². The minimum Gasteiger partial charge on any atom is -0.334 e. The van der Waals surface area contributed by atoms with Crippen LogP contribution in [0.15, 0.2) is 36.5 Å². The van der Waals surface area contributed by atoms with E-state index in [0.717, 1.165) is 28.9 Å². The average molecular weight is 461 g/mol. The summed E-state index contributed by atoms with van der Waals surface area (Å²) >= 11 is 0. The zero-order chi connectivity index (χ0) is 23.3. The molecule has 1 fully saturated rings. The molecule has 2 amide bonds. The second-order valence-electron chi connectivity index (χ2n) is 8.29. The minimum absolute atomic E-state index is 0.281. The third-order valence-corrected chi connectivity index (χ3v) is 7.29. The molecule has 9 nitrogen and oxygen atoms in total. The molecule has 1 saturated heterocycles. The Labute approximate surface area is 190 Å². The number of pyridine rings is 1. The number of nitrogens with zero attached hydrogens (tertiary/aromatic N) is 4. The highest BCUT2D eigenvalue weighted by Crippen LogP contribution is 2.16. The molecule has 174 valence electrons. The van der Waals surface area contributed by atoms with Crippen molar-refractivity contribution in [3.63, 3.8) is 0 Å². The maximum atomic E-state index is 12.3. The van der Waals surface area contributed by atoms with E-state index >= 15 is 0 Å². The third kappa shape index (κ3) is 6.49. The van der Waals surface area contributed by atoms with Crippen LogP contribution in [0.3, 0.4) is 0 Å². The first kappa shape index (κ1) is 24.1. The molecule has 32 heavy (non-hydrogen) atoms. The summed E-state index contributed by atoms with van der Waals surface area (Å²) < 4.78 is 27.4. The number of urea groups is 1. The lowest BCUT2D eigenvalue weighted by Gasteiger charge is -2.35. The van der Waals surface area contributed by atoms with E-state index in [0.29, 0.717) is 38.4 Å². The minimum atomic E-state index is -3.36.